The van der Waals surface area contributed by atoms with E-state index in [2.05, 4.69) is 20.2 Å². The number of pyridine rings is 1. The van der Waals surface area contributed by atoms with E-state index in [0.29, 0.717) is 52.5 Å². The Bertz CT molecular complexity index is 1730. The molecule has 4 aromatic rings. The number of fused-ring (bicyclic) bond motifs is 5. The molecule has 2 atom stereocenters. The highest BCUT2D eigenvalue weighted by Gasteiger charge is 2.36. The standard InChI is InChI=1S/C28H31FN6O3S/c1-39(37,38)17-8-11-35(14-17)24-13-22-18(12-19(24)29)26(30-23-15-34-9-6-16(23)7-10-34)25(28(36)33-22)27-31-20-4-2-3-5-21(20)32-27/h2-5,12-13,16-17,23H,6-11,14-15H2,1H3,(H,31,32)(H2,30,33,36)/t17?,23-/m0/s1. The van der Waals surface area contributed by atoms with Crippen LogP contribution in [0.3, 0.4) is 0 Å². The van der Waals surface area contributed by atoms with Gasteiger partial charge in [0.25, 0.3) is 5.56 Å². The number of nitrogens with zero attached hydrogens (tertiary/aromatic N) is 3. The lowest BCUT2D eigenvalue weighted by atomic mass is 9.83. The summed E-state index contributed by atoms with van der Waals surface area (Å²) in [7, 11) is -3.23. The van der Waals surface area contributed by atoms with Crippen LogP contribution in [0.4, 0.5) is 15.8 Å². The summed E-state index contributed by atoms with van der Waals surface area (Å²) >= 11 is 0. The zero-order valence-corrected chi connectivity index (χ0v) is 22.5. The maximum absolute atomic E-state index is 15.8. The first-order valence-electron chi connectivity index (χ1n) is 13.5. The van der Waals surface area contributed by atoms with Crippen LogP contribution in [0.1, 0.15) is 19.3 Å². The smallest absolute Gasteiger partial charge is 0.261 e. The molecular formula is C28H31FN6O3S. The summed E-state index contributed by atoms with van der Waals surface area (Å²) in [5.41, 5.74) is 2.98. The number of piperidine rings is 3. The Hall–Kier alpha value is -3.44. The minimum absolute atomic E-state index is 0.137. The van der Waals surface area contributed by atoms with Crippen LogP contribution in [-0.4, -0.2) is 78.5 Å². The van der Waals surface area contributed by atoms with E-state index in [4.69, 9.17) is 4.98 Å². The molecule has 0 saturated carbocycles. The number of hydrogen-bond donors (Lipinski definition) is 3. The highest BCUT2D eigenvalue weighted by molar-refractivity contribution is 7.91. The predicted octanol–water partition coefficient (Wildman–Crippen LogP) is 3.34. The molecule has 4 aliphatic rings. The number of anilines is 2. The van der Waals surface area contributed by atoms with Crippen molar-refractivity contribution in [3.05, 3.63) is 52.6 Å². The average molecular weight is 551 g/mol. The van der Waals surface area contributed by atoms with Gasteiger partial charge >= 0.3 is 0 Å². The van der Waals surface area contributed by atoms with Crippen molar-refractivity contribution in [3.63, 3.8) is 0 Å². The lowest BCUT2D eigenvalue weighted by Gasteiger charge is -2.45. The summed E-state index contributed by atoms with van der Waals surface area (Å²) in [6.07, 6.45) is 3.85. The number of imidazole rings is 1. The van der Waals surface area contributed by atoms with Gasteiger partial charge in [-0.05, 0) is 62.5 Å². The number of sulfone groups is 1. The Balaban J connectivity index is 1.37. The van der Waals surface area contributed by atoms with Crippen molar-refractivity contribution in [1.29, 1.82) is 0 Å². The molecule has 2 aromatic heterocycles. The average Bonchev–Trinajstić information content (AvgIpc) is 3.57. The molecule has 9 nitrogen and oxygen atoms in total. The molecule has 4 aliphatic heterocycles. The van der Waals surface area contributed by atoms with Crippen LogP contribution in [-0.2, 0) is 9.84 Å². The third-order valence-corrected chi connectivity index (χ3v) is 10.4. The second-order valence-electron chi connectivity index (χ2n) is 11.2. The molecule has 0 amide bonds. The van der Waals surface area contributed by atoms with Crippen molar-refractivity contribution in [2.45, 2.75) is 30.6 Å². The molecule has 39 heavy (non-hydrogen) atoms. The van der Waals surface area contributed by atoms with Gasteiger partial charge in [-0.2, -0.15) is 0 Å². The molecule has 8 rings (SSSR count). The number of rotatable bonds is 5. The number of aromatic nitrogens is 3. The van der Waals surface area contributed by atoms with Crippen molar-refractivity contribution >= 4 is 43.1 Å². The molecule has 204 valence electrons. The van der Waals surface area contributed by atoms with E-state index in [9.17, 15) is 13.2 Å². The summed E-state index contributed by atoms with van der Waals surface area (Å²) in [6.45, 7) is 3.70. The molecule has 2 bridgehead atoms. The predicted molar refractivity (Wildman–Crippen MR) is 152 cm³/mol. The number of nitrogens with one attached hydrogen (secondary N) is 3. The molecule has 11 heteroatoms. The molecule has 2 aromatic carbocycles. The van der Waals surface area contributed by atoms with Crippen LogP contribution in [0, 0.1) is 11.7 Å². The first kappa shape index (κ1) is 24.6. The van der Waals surface area contributed by atoms with Gasteiger partial charge in [0, 0.05) is 37.3 Å². The summed E-state index contributed by atoms with van der Waals surface area (Å²) < 4.78 is 39.9. The molecule has 0 spiro atoms. The third kappa shape index (κ3) is 4.28. The van der Waals surface area contributed by atoms with Crippen LogP contribution < -0.4 is 15.8 Å². The van der Waals surface area contributed by atoms with Crippen LogP contribution in [0.2, 0.25) is 0 Å². The van der Waals surface area contributed by atoms with Gasteiger partial charge < -0.3 is 25.1 Å². The fourth-order valence-electron chi connectivity index (χ4n) is 6.60. The van der Waals surface area contributed by atoms with Gasteiger partial charge in [-0.15, -0.1) is 0 Å². The Morgan fingerprint density at radius 2 is 1.82 bits per heavy atom. The Kier molecular flexibility index (Phi) is 5.71. The molecule has 0 aliphatic carbocycles. The van der Waals surface area contributed by atoms with Crippen molar-refractivity contribution in [2.75, 3.05) is 49.2 Å². The van der Waals surface area contributed by atoms with Gasteiger partial charge in [0.1, 0.15) is 17.2 Å². The number of aromatic amines is 2. The molecular weight excluding hydrogens is 519 g/mol. The maximum Gasteiger partial charge on any atom is 0.261 e. The van der Waals surface area contributed by atoms with Crippen LogP contribution in [0.5, 0.6) is 0 Å². The number of hydrogen-bond acceptors (Lipinski definition) is 7. The second-order valence-corrected chi connectivity index (χ2v) is 13.6. The lowest BCUT2D eigenvalue weighted by molar-refractivity contribution is 0.0976. The summed E-state index contributed by atoms with van der Waals surface area (Å²) in [6, 6.07) is 10.8. The lowest BCUT2D eigenvalue weighted by Crippen LogP contribution is -2.53. The van der Waals surface area contributed by atoms with Gasteiger partial charge in [0.2, 0.25) is 0 Å². The third-order valence-electron chi connectivity index (χ3n) is 8.78. The summed E-state index contributed by atoms with van der Waals surface area (Å²) in [5, 5.41) is 3.71. The number of halogens is 1. The highest BCUT2D eigenvalue weighted by atomic mass is 32.2. The van der Waals surface area contributed by atoms with E-state index in [1.807, 2.05) is 24.3 Å². The summed E-state index contributed by atoms with van der Waals surface area (Å²) in [5.74, 6) is 0.467. The quantitative estimate of drug-likeness (QED) is 0.349. The van der Waals surface area contributed by atoms with Crippen LogP contribution in [0.25, 0.3) is 33.3 Å². The van der Waals surface area contributed by atoms with Gasteiger partial charge in [-0.25, -0.2) is 17.8 Å². The van der Waals surface area contributed by atoms with Crippen molar-refractivity contribution in [2.24, 2.45) is 5.92 Å². The largest absolute Gasteiger partial charge is 0.379 e. The van der Waals surface area contributed by atoms with Crippen molar-refractivity contribution in [1.82, 2.24) is 19.9 Å². The van der Waals surface area contributed by atoms with Crippen molar-refractivity contribution < 1.29 is 12.8 Å². The zero-order valence-electron chi connectivity index (χ0n) is 21.7. The fraction of sp³-hybridized carbons (Fsp3) is 0.429. The minimum Gasteiger partial charge on any atom is -0.379 e. The second kappa shape index (κ2) is 9.06. The van der Waals surface area contributed by atoms with E-state index in [1.165, 1.54) is 12.3 Å². The molecule has 1 unspecified atom stereocenters. The Morgan fingerprint density at radius 3 is 2.51 bits per heavy atom. The van der Waals surface area contributed by atoms with E-state index in [0.717, 1.165) is 43.5 Å². The Morgan fingerprint density at radius 1 is 1.03 bits per heavy atom. The first-order chi connectivity index (χ1) is 18.7. The zero-order chi connectivity index (χ0) is 26.9. The van der Waals surface area contributed by atoms with E-state index in [-0.39, 0.29) is 18.1 Å². The number of benzene rings is 2. The number of H-pyrrole nitrogens is 2. The molecule has 6 heterocycles. The van der Waals surface area contributed by atoms with Crippen LogP contribution >= 0.6 is 0 Å². The summed E-state index contributed by atoms with van der Waals surface area (Å²) in [4.78, 5) is 28.8. The maximum atomic E-state index is 15.8. The van der Waals surface area contributed by atoms with E-state index < -0.39 is 20.9 Å². The molecule has 4 saturated heterocycles. The molecule has 3 N–H and O–H groups in total. The normalized spacial score (nSPS) is 25.1. The van der Waals surface area contributed by atoms with Crippen molar-refractivity contribution in [3.8, 4) is 11.4 Å². The molecule has 4 fully saturated rings. The van der Waals surface area contributed by atoms with Gasteiger partial charge in [0.15, 0.2) is 9.84 Å². The van der Waals surface area contributed by atoms with Gasteiger partial charge in [-0.3, -0.25) is 4.79 Å². The first-order valence-corrected chi connectivity index (χ1v) is 15.5. The highest BCUT2D eigenvalue weighted by Crippen LogP contribution is 2.38. The number of para-hydroxylation sites is 2. The monoisotopic (exact) mass is 550 g/mol. The fourth-order valence-corrected chi connectivity index (χ4v) is 7.59. The van der Waals surface area contributed by atoms with Gasteiger partial charge in [0.05, 0.1) is 33.2 Å². The van der Waals surface area contributed by atoms with E-state index >= 15 is 4.39 Å². The SMILES string of the molecule is CS(=O)(=O)C1CCN(c2cc3[nH]c(=O)c(-c4nc5ccccc5[nH]4)c(N[C@H]4CN5CCC4CC5)c3cc2F)C1. The molecule has 0 radical (unpaired) electrons. The van der Waals surface area contributed by atoms with Crippen LogP contribution in [0.15, 0.2) is 41.2 Å². The van der Waals surface area contributed by atoms with E-state index in [1.54, 1.807) is 11.0 Å². The Labute approximate surface area is 225 Å². The minimum atomic E-state index is -3.23. The van der Waals surface area contributed by atoms with Gasteiger partial charge in [-0.1, -0.05) is 12.1 Å². The topological polar surface area (TPSA) is 114 Å².